The molecule has 0 aliphatic carbocycles. The van der Waals surface area contributed by atoms with Crippen molar-refractivity contribution in [1.29, 1.82) is 0 Å². The summed E-state index contributed by atoms with van der Waals surface area (Å²) in [7, 11) is 0. The maximum Gasteiger partial charge on any atom is 0.146 e. The summed E-state index contributed by atoms with van der Waals surface area (Å²) in [5.41, 5.74) is 11.9. The monoisotopic (exact) mass is 220 g/mol. The molecule has 16 heavy (non-hydrogen) atoms. The molecule has 0 unspecified atom stereocenters. The molecule has 2 aromatic carbocycles. The van der Waals surface area contributed by atoms with Crippen molar-refractivity contribution < 1.29 is 8.78 Å². The highest BCUT2D eigenvalue weighted by Crippen LogP contribution is 2.30. The van der Waals surface area contributed by atoms with Crippen LogP contribution in [-0.2, 0) is 0 Å². The third-order valence-electron chi connectivity index (χ3n) is 2.33. The lowest BCUT2D eigenvalue weighted by Gasteiger charge is -2.08. The molecular weight excluding hydrogens is 210 g/mol. The molecular formula is C12H10F2N2. The van der Waals surface area contributed by atoms with Gasteiger partial charge in [0.25, 0.3) is 0 Å². The van der Waals surface area contributed by atoms with Crippen LogP contribution in [0, 0.1) is 11.6 Å². The maximum absolute atomic E-state index is 13.5. The third-order valence-corrected chi connectivity index (χ3v) is 2.33. The van der Waals surface area contributed by atoms with Crippen LogP contribution >= 0.6 is 0 Å². The Kier molecular flexibility index (Phi) is 2.48. The molecule has 0 amide bonds. The van der Waals surface area contributed by atoms with E-state index in [-0.39, 0.29) is 11.3 Å². The third kappa shape index (κ3) is 1.69. The molecule has 0 aliphatic rings. The Bertz CT molecular complexity index is 539. The number of hydrogen-bond donors (Lipinski definition) is 2. The van der Waals surface area contributed by atoms with Gasteiger partial charge >= 0.3 is 0 Å². The van der Waals surface area contributed by atoms with Gasteiger partial charge in [-0.25, -0.2) is 8.78 Å². The molecule has 2 rings (SSSR count). The van der Waals surface area contributed by atoms with E-state index in [1.54, 1.807) is 6.07 Å². The minimum atomic E-state index is -0.570. The molecule has 82 valence electrons. The van der Waals surface area contributed by atoms with E-state index in [9.17, 15) is 8.78 Å². The smallest absolute Gasteiger partial charge is 0.146 e. The zero-order valence-corrected chi connectivity index (χ0v) is 8.37. The van der Waals surface area contributed by atoms with E-state index in [4.69, 9.17) is 11.5 Å². The Labute approximate surface area is 91.5 Å². The molecule has 0 saturated carbocycles. The quantitative estimate of drug-likeness (QED) is 0.726. The van der Waals surface area contributed by atoms with Crippen molar-refractivity contribution in [1.82, 2.24) is 0 Å². The highest BCUT2D eigenvalue weighted by atomic mass is 19.1. The minimum absolute atomic E-state index is 0.0769. The Morgan fingerprint density at radius 1 is 0.812 bits per heavy atom. The molecule has 0 heterocycles. The lowest BCUT2D eigenvalue weighted by Crippen LogP contribution is -1.96. The number of hydrogen-bond acceptors (Lipinski definition) is 2. The summed E-state index contributed by atoms with van der Waals surface area (Å²) in [5, 5.41) is 0. The van der Waals surface area contributed by atoms with Crippen LogP contribution in [-0.4, -0.2) is 0 Å². The second kappa shape index (κ2) is 3.81. The summed E-state index contributed by atoms with van der Waals surface area (Å²) in [6, 6.07) is 8.35. The number of rotatable bonds is 1. The van der Waals surface area contributed by atoms with Crippen LogP contribution in [0.2, 0.25) is 0 Å². The van der Waals surface area contributed by atoms with Gasteiger partial charge in [-0.1, -0.05) is 12.1 Å². The van der Waals surface area contributed by atoms with Gasteiger partial charge in [-0.2, -0.15) is 0 Å². The number of halogens is 2. The SMILES string of the molecule is Nc1ccc(F)c(-c2cccc(F)c2N)c1. The Balaban J connectivity index is 2.67. The Morgan fingerprint density at radius 3 is 2.31 bits per heavy atom. The lowest BCUT2D eigenvalue weighted by molar-refractivity contribution is 0.627. The number of para-hydroxylation sites is 1. The van der Waals surface area contributed by atoms with E-state index in [2.05, 4.69) is 0 Å². The highest BCUT2D eigenvalue weighted by molar-refractivity contribution is 5.78. The van der Waals surface area contributed by atoms with Gasteiger partial charge in [-0.05, 0) is 24.3 Å². The van der Waals surface area contributed by atoms with Gasteiger partial charge in [0.15, 0.2) is 0 Å². The number of nitrogens with two attached hydrogens (primary N) is 2. The average molecular weight is 220 g/mol. The van der Waals surface area contributed by atoms with Crippen molar-refractivity contribution in [2.45, 2.75) is 0 Å². The van der Waals surface area contributed by atoms with Gasteiger partial charge in [0.1, 0.15) is 11.6 Å². The van der Waals surface area contributed by atoms with Crippen LogP contribution in [0.1, 0.15) is 0 Å². The molecule has 0 fully saturated rings. The summed E-state index contributed by atoms with van der Waals surface area (Å²) < 4.78 is 26.8. The van der Waals surface area contributed by atoms with Crippen molar-refractivity contribution in [2.75, 3.05) is 11.5 Å². The standard InChI is InChI=1S/C12H10F2N2/c13-10-5-4-7(15)6-9(10)8-2-1-3-11(14)12(8)16/h1-6H,15-16H2. The summed E-state index contributed by atoms with van der Waals surface area (Å²) in [6.45, 7) is 0. The molecule has 0 aromatic heterocycles. The van der Waals surface area contributed by atoms with E-state index < -0.39 is 11.6 Å². The molecule has 0 saturated heterocycles. The van der Waals surface area contributed by atoms with Gasteiger partial charge in [0, 0.05) is 16.8 Å². The second-order valence-electron chi connectivity index (χ2n) is 3.44. The van der Waals surface area contributed by atoms with E-state index in [0.717, 1.165) is 0 Å². The predicted molar refractivity (Wildman–Crippen MR) is 60.6 cm³/mol. The molecule has 2 aromatic rings. The van der Waals surface area contributed by atoms with Crippen molar-refractivity contribution in [3.8, 4) is 11.1 Å². The lowest BCUT2D eigenvalue weighted by atomic mass is 10.0. The largest absolute Gasteiger partial charge is 0.399 e. The van der Waals surface area contributed by atoms with Crippen molar-refractivity contribution >= 4 is 11.4 Å². The van der Waals surface area contributed by atoms with E-state index >= 15 is 0 Å². The first-order valence-electron chi connectivity index (χ1n) is 4.69. The van der Waals surface area contributed by atoms with Crippen LogP contribution in [0.4, 0.5) is 20.2 Å². The predicted octanol–water partition coefficient (Wildman–Crippen LogP) is 2.80. The zero-order chi connectivity index (χ0) is 11.7. The van der Waals surface area contributed by atoms with Crippen LogP contribution in [0.5, 0.6) is 0 Å². The molecule has 0 radical (unpaired) electrons. The first-order chi connectivity index (χ1) is 7.59. The normalized spacial score (nSPS) is 10.4. The van der Waals surface area contributed by atoms with Crippen LogP contribution in [0.25, 0.3) is 11.1 Å². The minimum Gasteiger partial charge on any atom is -0.399 e. The van der Waals surface area contributed by atoms with E-state index in [0.29, 0.717) is 11.3 Å². The van der Waals surface area contributed by atoms with Crippen LogP contribution in [0.3, 0.4) is 0 Å². The van der Waals surface area contributed by atoms with Gasteiger partial charge in [-0.3, -0.25) is 0 Å². The van der Waals surface area contributed by atoms with Crippen LogP contribution < -0.4 is 11.5 Å². The van der Waals surface area contributed by atoms with Gasteiger partial charge in [0.2, 0.25) is 0 Å². The fourth-order valence-corrected chi connectivity index (χ4v) is 1.52. The van der Waals surface area contributed by atoms with Gasteiger partial charge in [-0.15, -0.1) is 0 Å². The van der Waals surface area contributed by atoms with Crippen molar-refractivity contribution in [3.05, 3.63) is 48.0 Å². The summed E-state index contributed by atoms with van der Waals surface area (Å²) in [6.07, 6.45) is 0. The van der Waals surface area contributed by atoms with Gasteiger partial charge in [0.05, 0.1) is 5.69 Å². The number of anilines is 2. The topological polar surface area (TPSA) is 52.0 Å². The van der Waals surface area contributed by atoms with Crippen molar-refractivity contribution in [3.63, 3.8) is 0 Å². The Hall–Kier alpha value is -2.10. The molecule has 0 aliphatic heterocycles. The summed E-state index contributed by atoms with van der Waals surface area (Å²) in [5.74, 6) is -1.05. The average Bonchev–Trinajstić information content (AvgIpc) is 2.26. The van der Waals surface area contributed by atoms with E-state index in [1.807, 2.05) is 0 Å². The second-order valence-corrected chi connectivity index (χ2v) is 3.44. The first kappa shape index (κ1) is 10.4. The van der Waals surface area contributed by atoms with E-state index in [1.165, 1.54) is 30.3 Å². The van der Waals surface area contributed by atoms with Gasteiger partial charge < -0.3 is 11.5 Å². The maximum atomic E-state index is 13.5. The fraction of sp³-hybridized carbons (Fsp3) is 0. The first-order valence-corrected chi connectivity index (χ1v) is 4.69. The summed E-state index contributed by atoms with van der Waals surface area (Å²) in [4.78, 5) is 0. The van der Waals surface area contributed by atoms with Crippen LogP contribution in [0.15, 0.2) is 36.4 Å². The molecule has 2 nitrogen and oxygen atoms in total. The summed E-state index contributed by atoms with van der Waals surface area (Å²) >= 11 is 0. The highest BCUT2D eigenvalue weighted by Gasteiger charge is 2.11. The molecule has 0 spiro atoms. The van der Waals surface area contributed by atoms with Crippen molar-refractivity contribution in [2.24, 2.45) is 0 Å². The molecule has 4 N–H and O–H groups in total. The number of benzene rings is 2. The number of nitrogen functional groups attached to an aromatic ring is 2. The Morgan fingerprint density at radius 2 is 1.56 bits per heavy atom. The molecule has 0 atom stereocenters. The fourth-order valence-electron chi connectivity index (χ4n) is 1.52. The molecule has 0 bridgehead atoms. The molecule has 4 heteroatoms. The zero-order valence-electron chi connectivity index (χ0n) is 8.37.